The quantitative estimate of drug-likeness (QED) is 0.897. The Morgan fingerprint density at radius 1 is 1.48 bits per heavy atom. The third-order valence-corrected chi connectivity index (χ3v) is 4.30. The summed E-state index contributed by atoms with van der Waals surface area (Å²) in [5, 5.41) is 7.73. The van der Waals surface area contributed by atoms with E-state index in [1.54, 1.807) is 6.07 Å². The molecule has 112 valence electrons. The lowest BCUT2D eigenvalue weighted by molar-refractivity contribution is 0.0908. The van der Waals surface area contributed by atoms with Crippen LogP contribution >= 0.6 is 0 Å². The Kier molecular flexibility index (Phi) is 3.88. The first-order valence-corrected chi connectivity index (χ1v) is 7.42. The fourth-order valence-corrected chi connectivity index (χ4v) is 3.00. The molecule has 6 nitrogen and oxygen atoms in total. The number of hydrogen-bond acceptors (Lipinski definition) is 5. The third-order valence-electron chi connectivity index (χ3n) is 4.30. The number of carbonyl (C=O) groups is 1. The van der Waals surface area contributed by atoms with Gasteiger partial charge >= 0.3 is 0 Å². The van der Waals surface area contributed by atoms with Gasteiger partial charge in [-0.15, -0.1) is 0 Å². The molecule has 21 heavy (non-hydrogen) atoms. The number of hydrogen-bond donors (Lipinski definition) is 2. The summed E-state index contributed by atoms with van der Waals surface area (Å²) in [6.45, 7) is 2.45. The number of rotatable bonds is 3. The van der Waals surface area contributed by atoms with Gasteiger partial charge in [-0.05, 0) is 38.3 Å². The number of fused-ring (bicyclic) bond motifs is 1. The first kappa shape index (κ1) is 14.0. The first-order chi connectivity index (χ1) is 10.2. The number of nitrogens with two attached hydrogens (primary N) is 1. The maximum atomic E-state index is 12.4. The van der Waals surface area contributed by atoms with Crippen molar-refractivity contribution in [3.8, 4) is 0 Å². The molecule has 2 aromatic heterocycles. The number of aryl methyl sites for hydroxylation is 1. The van der Waals surface area contributed by atoms with Crippen LogP contribution in [0.3, 0.4) is 0 Å². The van der Waals surface area contributed by atoms with E-state index in [0.29, 0.717) is 23.7 Å². The summed E-state index contributed by atoms with van der Waals surface area (Å²) in [5.41, 5.74) is 7.54. The molecule has 0 bridgehead atoms. The predicted octanol–water partition coefficient (Wildman–Crippen LogP) is 1.78. The lowest BCUT2D eigenvalue weighted by Gasteiger charge is -2.31. The minimum atomic E-state index is -0.102. The normalized spacial score (nSPS) is 22.4. The van der Waals surface area contributed by atoms with E-state index < -0.39 is 0 Å². The van der Waals surface area contributed by atoms with Crippen LogP contribution in [0.5, 0.6) is 0 Å². The number of pyridine rings is 1. The second-order valence-electron chi connectivity index (χ2n) is 5.70. The highest BCUT2D eigenvalue weighted by atomic mass is 16.5. The van der Waals surface area contributed by atoms with Crippen LogP contribution in [0, 0.1) is 12.8 Å². The van der Waals surface area contributed by atoms with Crippen molar-refractivity contribution in [2.24, 2.45) is 11.7 Å². The smallest absolute Gasteiger partial charge is 0.257 e. The fourth-order valence-electron chi connectivity index (χ4n) is 3.00. The highest BCUT2D eigenvalue weighted by Crippen LogP contribution is 2.24. The van der Waals surface area contributed by atoms with Crippen LogP contribution in [0.25, 0.3) is 11.1 Å². The highest BCUT2D eigenvalue weighted by Gasteiger charge is 2.26. The topological polar surface area (TPSA) is 94.0 Å². The number of amides is 1. The van der Waals surface area contributed by atoms with E-state index in [4.69, 9.17) is 10.3 Å². The lowest BCUT2D eigenvalue weighted by Crippen LogP contribution is -2.44. The van der Waals surface area contributed by atoms with Gasteiger partial charge in [0.15, 0.2) is 0 Å². The highest BCUT2D eigenvalue weighted by molar-refractivity contribution is 5.97. The van der Waals surface area contributed by atoms with Crippen LogP contribution in [-0.2, 0) is 0 Å². The Labute approximate surface area is 123 Å². The Morgan fingerprint density at radius 2 is 2.29 bits per heavy atom. The van der Waals surface area contributed by atoms with Gasteiger partial charge in [-0.1, -0.05) is 18.0 Å². The average molecular weight is 288 g/mol. The Hall–Kier alpha value is -1.95. The maximum Gasteiger partial charge on any atom is 0.257 e. The average Bonchev–Trinajstić information content (AvgIpc) is 2.88. The van der Waals surface area contributed by atoms with Gasteiger partial charge in [-0.3, -0.25) is 4.79 Å². The van der Waals surface area contributed by atoms with E-state index >= 15 is 0 Å². The van der Waals surface area contributed by atoms with Gasteiger partial charge in [0.05, 0.1) is 16.6 Å². The Balaban J connectivity index is 1.78. The van der Waals surface area contributed by atoms with Gasteiger partial charge in [0.2, 0.25) is 0 Å². The monoisotopic (exact) mass is 288 g/mol. The molecule has 2 atom stereocenters. The molecule has 2 heterocycles. The zero-order chi connectivity index (χ0) is 14.8. The first-order valence-electron chi connectivity index (χ1n) is 7.42. The van der Waals surface area contributed by atoms with E-state index in [1.165, 1.54) is 12.6 Å². The van der Waals surface area contributed by atoms with Crippen LogP contribution in [0.4, 0.5) is 0 Å². The van der Waals surface area contributed by atoms with E-state index in [0.717, 1.165) is 30.3 Å². The molecule has 0 aromatic carbocycles. The van der Waals surface area contributed by atoms with Crippen molar-refractivity contribution in [2.45, 2.75) is 38.6 Å². The van der Waals surface area contributed by atoms with Crippen molar-refractivity contribution in [3.05, 3.63) is 23.5 Å². The second kappa shape index (κ2) is 5.81. The van der Waals surface area contributed by atoms with Crippen LogP contribution in [0.2, 0.25) is 0 Å². The van der Waals surface area contributed by atoms with Crippen LogP contribution in [-0.4, -0.2) is 28.6 Å². The molecule has 1 aliphatic carbocycles. The van der Waals surface area contributed by atoms with Gasteiger partial charge in [0.1, 0.15) is 0 Å². The minimum absolute atomic E-state index is 0.102. The van der Waals surface area contributed by atoms with Crippen LogP contribution in [0.15, 0.2) is 16.8 Å². The molecule has 6 heteroatoms. The molecule has 0 spiro atoms. The zero-order valence-electron chi connectivity index (χ0n) is 12.1. The molecular weight excluding hydrogens is 268 g/mol. The summed E-state index contributed by atoms with van der Waals surface area (Å²) in [4.78, 5) is 16.5. The van der Waals surface area contributed by atoms with E-state index in [2.05, 4.69) is 15.5 Å². The van der Waals surface area contributed by atoms with E-state index in [1.807, 2.05) is 6.92 Å². The van der Waals surface area contributed by atoms with Crippen molar-refractivity contribution in [2.75, 3.05) is 6.54 Å². The van der Waals surface area contributed by atoms with Gasteiger partial charge < -0.3 is 15.6 Å². The summed E-state index contributed by atoms with van der Waals surface area (Å²) >= 11 is 0. The summed E-state index contributed by atoms with van der Waals surface area (Å²) in [7, 11) is 0. The van der Waals surface area contributed by atoms with E-state index in [-0.39, 0.29) is 11.9 Å². The van der Waals surface area contributed by atoms with E-state index in [9.17, 15) is 4.79 Å². The standard InChI is InChI=1S/C15H20N4O2/c1-9-12-6-11(8-17-15(12)21-19-9)14(20)18-13-5-3-2-4-10(13)7-16/h6,8,10,13H,2-5,7,16H2,1H3,(H,18,20). The molecule has 1 aliphatic rings. The lowest BCUT2D eigenvalue weighted by atomic mass is 9.84. The molecule has 0 saturated heterocycles. The molecule has 1 fully saturated rings. The Morgan fingerprint density at radius 3 is 3.10 bits per heavy atom. The molecule has 2 aromatic rings. The number of aromatic nitrogens is 2. The molecule has 3 N–H and O–H groups in total. The summed E-state index contributed by atoms with van der Waals surface area (Å²) < 4.78 is 5.06. The summed E-state index contributed by atoms with van der Waals surface area (Å²) in [6, 6.07) is 1.94. The molecular formula is C15H20N4O2. The largest absolute Gasteiger partial charge is 0.349 e. The number of nitrogens with one attached hydrogen (secondary N) is 1. The van der Waals surface area contributed by atoms with Crippen molar-refractivity contribution in [3.63, 3.8) is 0 Å². The van der Waals surface area contributed by atoms with Crippen molar-refractivity contribution in [1.82, 2.24) is 15.5 Å². The molecule has 0 aliphatic heterocycles. The van der Waals surface area contributed by atoms with Crippen LogP contribution < -0.4 is 11.1 Å². The molecule has 0 radical (unpaired) electrons. The zero-order valence-corrected chi connectivity index (χ0v) is 12.1. The van der Waals surface area contributed by atoms with Gasteiger partial charge in [0, 0.05) is 12.2 Å². The van der Waals surface area contributed by atoms with Crippen LogP contribution in [0.1, 0.15) is 41.7 Å². The minimum Gasteiger partial charge on any atom is -0.349 e. The van der Waals surface area contributed by atoms with Gasteiger partial charge in [0.25, 0.3) is 11.6 Å². The third kappa shape index (κ3) is 2.76. The summed E-state index contributed by atoms with van der Waals surface area (Å²) in [6.07, 6.45) is 5.95. The number of nitrogens with zero attached hydrogens (tertiary/aromatic N) is 2. The number of carbonyl (C=O) groups excluding carboxylic acids is 1. The molecule has 2 unspecified atom stereocenters. The molecule has 3 rings (SSSR count). The maximum absolute atomic E-state index is 12.4. The Bertz CT molecular complexity index is 652. The van der Waals surface area contributed by atoms with Crippen molar-refractivity contribution >= 4 is 17.0 Å². The molecule has 1 amide bonds. The summed E-state index contributed by atoms with van der Waals surface area (Å²) in [5.74, 6) is 0.270. The second-order valence-corrected chi connectivity index (χ2v) is 5.70. The van der Waals surface area contributed by atoms with Crippen molar-refractivity contribution < 1.29 is 9.32 Å². The molecule has 1 saturated carbocycles. The van der Waals surface area contributed by atoms with Gasteiger partial charge in [-0.2, -0.15) is 0 Å². The van der Waals surface area contributed by atoms with Crippen molar-refractivity contribution in [1.29, 1.82) is 0 Å². The predicted molar refractivity (Wildman–Crippen MR) is 78.8 cm³/mol. The fraction of sp³-hybridized carbons (Fsp3) is 0.533. The van der Waals surface area contributed by atoms with Gasteiger partial charge in [-0.25, -0.2) is 4.98 Å². The SMILES string of the molecule is Cc1noc2ncc(C(=O)NC3CCCCC3CN)cc12.